The van der Waals surface area contributed by atoms with Crippen molar-refractivity contribution in [2.45, 2.75) is 32.6 Å². The number of aryl methyl sites for hydroxylation is 2. The molecule has 0 unspecified atom stereocenters. The lowest BCUT2D eigenvalue weighted by molar-refractivity contribution is 0.0853. The number of aromatic nitrogens is 1. The number of nitrogens with zero attached hydrogens (tertiary/aromatic N) is 1. The first-order valence-electron chi connectivity index (χ1n) is 8.76. The second kappa shape index (κ2) is 6.37. The van der Waals surface area contributed by atoms with Gasteiger partial charge in [0.15, 0.2) is 0 Å². The smallest absolute Gasteiger partial charge is 0.0780 e. The van der Waals surface area contributed by atoms with Crippen LogP contribution >= 0.6 is 0 Å². The number of pyridine rings is 1. The Morgan fingerprint density at radius 3 is 2.42 bits per heavy atom. The third kappa shape index (κ3) is 2.94. The molecule has 0 spiro atoms. The lowest BCUT2D eigenvalue weighted by Gasteiger charge is -2.22. The lowest BCUT2D eigenvalue weighted by atomic mass is 9.89. The van der Waals surface area contributed by atoms with Crippen molar-refractivity contribution >= 4 is 10.8 Å². The number of hydrogen-bond donors (Lipinski definition) is 0. The zero-order valence-electron chi connectivity index (χ0n) is 14.4. The molecule has 1 fully saturated rings. The highest BCUT2D eigenvalue weighted by Crippen LogP contribution is 2.32. The van der Waals surface area contributed by atoms with Crippen molar-refractivity contribution in [3.05, 3.63) is 65.4 Å². The van der Waals surface area contributed by atoms with Gasteiger partial charge in [0, 0.05) is 30.4 Å². The van der Waals surface area contributed by atoms with Crippen molar-refractivity contribution in [2.24, 2.45) is 0 Å². The van der Waals surface area contributed by atoms with Gasteiger partial charge in [-0.05, 0) is 61.8 Å². The predicted molar refractivity (Wildman–Crippen MR) is 99.4 cm³/mol. The van der Waals surface area contributed by atoms with Crippen molar-refractivity contribution in [3.8, 4) is 11.3 Å². The van der Waals surface area contributed by atoms with Crippen LogP contribution < -0.4 is 0 Å². The summed E-state index contributed by atoms with van der Waals surface area (Å²) in [5.41, 5.74) is 6.28. The summed E-state index contributed by atoms with van der Waals surface area (Å²) >= 11 is 0. The van der Waals surface area contributed by atoms with Crippen LogP contribution in [-0.4, -0.2) is 18.2 Å². The minimum absolute atomic E-state index is 0.626. The molecule has 1 aliphatic heterocycles. The Bertz CT molecular complexity index is 858. The van der Waals surface area contributed by atoms with Crippen LogP contribution in [0.1, 0.15) is 35.4 Å². The van der Waals surface area contributed by atoms with Gasteiger partial charge in [-0.3, -0.25) is 4.98 Å². The van der Waals surface area contributed by atoms with Crippen LogP contribution in [0, 0.1) is 13.8 Å². The van der Waals surface area contributed by atoms with Crippen LogP contribution in [0.4, 0.5) is 0 Å². The van der Waals surface area contributed by atoms with Crippen LogP contribution in [0.5, 0.6) is 0 Å². The highest BCUT2D eigenvalue weighted by atomic mass is 16.5. The van der Waals surface area contributed by atoms with E-state index in [1.54, 1.807) is 0 Å². The molecule has 2 aromatic carbocycles. The van der Waals surface area contributed by atoms with Gasteiger partial charge in [0.1, 0.15) is 0 Å². The van der Waals surface area contributed by atoms with Gasteiger partial charge in [-0.1, -0.05) is 35.4 Å². The Hall–Kier alpha value is -2.19. The SMILES string of the molecule is Cc1cc(C)cc(-c2nccc3cc(C4CCOCC4)ccc23)c1. The molecule has 0 aliphatic carbocycles. The summed E-state index contributed by atoms with van der Waals surface area (Å²) in [6.45, 7) is 6.05. The maximum Gasteiger partial charge on any atom is 0.0780 e. The molecule has 3 aromatic rings. The molecule has 0 N–H and O–H groups in total. The quantitative estimate of drug-likeness (QED) is 0.630. The Labute approximate surface area is 143 Å². The summed E-state index contributed by atoms with van der Waals surface area (Å²) in [6, 6.07) is 15.7. The monoisotopic (exact) mass is 317 g/mol. The van der Waals surface area contributed by atoms with E-state index in [-0.39, 0.29) is 0 Å². The topological polar surface area (TPSA) is 22.1 Å². The number of hydrogen-bond acceptors (Lipinski definition) is 2. The van der Waals surface area contributed by atoms with E-state index in [1.165, 1.54) is 33.0 Å². The van der Waals surface area contributed by atoms with Crippen LogP contribution in [0.2, 0.25) is 0 Å². The van der Waals surface area contributed by atoms with Gasteiger partial charge in [0.05, 0.1) is 5.69 Å². The van der Waals surface area contributed by atoms with Crippen molar-refractivity contribution in [1.29, 1.82) is 0 Å². The Morgan fingerprint density at radius 2 is 1.67 bits per heavy atom. The molecule has 1 aliphatic rings. The zero-order chi connectivity index (χ0) is 16.5. The molecule has 24 heavy (non-hydrogen) atoms. The van der Waals surface area contributed by atoms with Gasteiger partial charge >= 0.3 is 0 Å². The molecule has 0 bridgehead atoms. The summed E-state index contributed by atoms with van der Waals surface area (Å²) in [5.74, 6) is 0.626. The normalized spacial score (nSPS) is 15.8. The average molecular weight is 317 g/mol. The maximum atomic E-state index is 5.50. The van der Waals surface area contributed by atoms with E-state index in [0.717, 1.165) is 31.7 Å². The molecule has 0 atom stereocenters. The first-order chi connectivity index (χ1) is 11.7. The van der Waals surface area contributed by atoms with Gasteiger partial charge in [-0.2, -0.15) is 0 Å². The van der Waals surface area contributed by atoms with Crippen molar-refractivity contribution in [1.82, 2.24) is 4.98 Å². The van der Waals surface area contributed by atoms with E-state index >= 15 is 0 Å². The molecule has 1 aromatic heterocycles. The van der Waals surface area contributed by atoms with E-state index in [2.05, 4.69) is 61.3 Å². The van der Waals surface area contributed by atoms with E-state index in [0.29, 0.717) is 5.92 Å². The fraction of sp³-hybridized carbons (Fsp3) is 0.318. The molecule has 0 radical (unpaired) electrons. The van der Waals surface area contributed by atoms with Gasteiger partial charge in [0.2, 0.25) is 0 Å². The molecule has 122 valence electrons. The van der Waals surface area contributed by atoms with Gasteiger partial charge in [0.25, 0.3) is 0 Å². The van der Waals surface area contributed by atoms with Crippen molar-refractivity contribution in [2.75, 3.05) is 13.2 Å². The summed E-state index contributed by atoms with van der Waals surface area (Å²) in [5, 5.41) is 2.52. The third-order valence-corrected chi connectivity index (χ3v) is 4.98. The molecule has 4 rings (SSSR count). The van der Waals surface area contributed by atoms with Crippen molar-refractivity contribution < 1.29 is 4.74 Å². The standard InChI is InChI=1S/C22H23NO/c1-15-11-16(2)13-20(12-15)22-21-4-3-18(14-19(21)5-8-23-22)17-6-9-24-10-7-17/h3-5,8,11-14,17H,6-7,9-10H2,1-2H3. The molecule has 1 saturated heterocycles. The maximum absolute atomic E-state index is 5.50. The largest absolute Gasteiger partial charge is 0.381 e. The summed E-state index contributed by atoms with van der Waals surface area (Å²) < 4.78 is 5.50. The average Bonchev–Trinajstić information content (AvgIpc) is 2.60. The molecule has 0 saturated carbocycles. The van der Waals surface area contributed by atoms with Crippen molar-refractivity contribution in [3.63, 3.8) is 0 Å². The van der Waals surface area contributed by atoms with E-state index in [1.807, 2.05) is 6.20 Å². The van der Waals surface area contributed by atoms with Crippen LogP contribution in [-0.2, 0) is 4.74 Å². The van der Waals surface area contributed by atoms with Gasteiger partial charge in [-0.15, -0.1) is 0 Å². The molecule has 2 nitrogen and oxygen atoms in total. The highest BCUT2D eigenvalue weighted by molar-refractivity contribution is 5.95. The van der Waals surface area contributed by atoms with Gasteiger partial charge in [-0.25, -0.2) is 0 Å². The predicted octanol–water partition coefficient (Wildman–Crippen LogP) is 5.41. The minimum Gasteiger partial charge on any atom is -0.381 e. The third-order valence-electron chi connectivity index (χ3n) is 4.98. The molecular weight excluding hydrogens is 294 g/mol. The number of rotatable bonds is 2. The number of benzene rings is 2. The Morgan fingerprint density at radius 1 is 0.917 bits per heavy atom. The molecule has 0 amide bonds. The molecule has 2 heteroatoms. The van der Waals surface area contributed by atoms with E-state index < -0.39 is 0 Å². The van der Waals surface area contributed by atoms with Crippen LogP contribution in [0.25, 0.3) is 22.0 Å². The first-order valence-corrected chi connectivity index (χ1v) is 8.76. The summed E-state index contributed by atoms with van der Waals surface area (Å²) in [7, 11) is 0. The van der Waals surface area contributed by atoms with E-state index in [9.17, 15) is 0 Å². The Kier molecular flexibility index (Phi) is 4.07. The number of fused-ring (bicyclic) bond motifs is 1. The summed E-state index contributed by atoms with van der Waals surface area (Å²) in [6.07, 6.45) is 4.18. The second-order valence-corrected chi connectivity index (χ2v) is 6.90. The van der Waals surface area contributed by atoms with Crippen LogP contribution in [0.3, 0.4) is 0 Å². The lowest BCUT2D eigenvalue weighted by Crippen LogP contribution is -2.13. The first kappa shape index (κ1) is 15.3. The van der Waals surface area contributed by atoms with Crippen LogP contribution in [0.15, 0.2) is 48.7 Å². The number of ether oxygens (including phenoxy) is 1. The fourth-order valence-electron chi connectivity index (χ4n) is 3.82. The zero-order valence-corrected chi connectivity index (χ0v) is 14.4. The minimum atomic E-state index is 0.626. The summed E-state index contributed by atoms with van der Waals surface area (Å²) in [4.78, 5) is 4.68. The molecular formula is C22H23NO. The second-order valence-electron chi connectivity index (χ2n) is 6.90. The fourth-order valence-corrected chi connectivity index (χ4v) is 3.82. The Balaban J connectivity index is 1.80. The highest BCUT2D eigenvalue weighted by Gasteiger charge is 2.16. The van der Waals surface area contributed by atoms with Gasteiger partial charge < -0.3 is 4.74 Å². The molecule has 2 heterocycles. The van der Waals surface area contributed by atoms with E-state index in [4.69, 9.17) is 4.74 Å².